The van der Waals surface area contributed by atoms with E-state index in [0.29, 0.717) is 5.75 Å². The zero-order valence-corrected chi connectivity index (χ0v) is 12.5. The Balaban J connectivity index is 2.28. The highest BCUT2D eigenvalue weighted by atomic mass is 79.9. The first-order chi connectivity index (χ1) is 6.59. The molecule has 0 radical (unpaired) electrons. The molecular weight excluding hydrogens is 350 g/mol. The number of thiophene rings is 1. The average molecular weight is 361 g/mol. The first kappa shape index (κ1) is 12.8. The fraction of sp³-hybridized carbons (Fsp3) is 0.500. The summed E-state index contributed by atoms with van der Waals surface area (Å²) >= 11 is 8.58. The van der Waals surface area contributed by atoms with Crippen LogP contribution in [0.15, 0.2) is 14.3 Å². The molecule has 0 aliphatic carbocycles. The lowest BCUT2D eigenvalue weighted by Crippen LogP contribution is -2.18. The predicted molar refractivity (Wildman–Crippen MR) is 70.4 cm³/mol. The molecule has 2 nitrogen and oxygen atoms in total. The molecule has 1 aromatic heterocycles. The number of rotatable bonds is 5. The van der Waals surface area contributed by atoms with Crippen molar-refractivity contribution < 1.29 is 4.21 Å². The Morgan fingerprint density at radius 1 is 1.57 bits per heavy atom. The molecule has 0 fully saturated rings. The molecule has 1 N–H and O–H groups in total. The van der Waals surface area contributed by atoms with Gasteiger partial charge in [0, 0.05) is 45.2 Å². The Bertz CT molecular complexity index is 308. The molecule has 0 aliphatic rings. The Morgan fingerprint density at radius 3 is 2.79 bits per heavy atom. The van der Waals surface area contributed by atoms with Gasteiger partial charge in [-0.1, -0.05) is 0 Å². The van der Waals surface area contributed by atoms with Crippen molar-refractivity contribution in [3.63, 3.8) is 0 Å². The molecule has 0 saturated carbocycles. The number of hydrogen-bond acceptors (Lipinski definition) is 3. The van der Waals surface area contributed by atoms with Crippen LogP contribution in [0.2, 0.25) is 0 Å². The van der Waals surface area contributed by atoms with Gasteiger partial charge in [-0.05, 0) is 37.9 Å². The summed E-state index contributed by atoms with van der Waals surface area (Å²) in [6.07, 6.45) is 1.72. The molecule has 1 aromatic rings. The topological polar surface area (TPSA) is 29.1 Å². The lowest BCUT2D eigenvalue weighted by molar-refractivity contribution is 0.678. The van der Waals surface area contributed by atoms with Gasteiger partial charge in [0.05, 0.1) is 3.79 Å². The zero-order chi connectivity index (χ0) is 10.6. The second kappa shape index (κ2) is 6.37. The highest BCUT2D eigenvalue weighted by Gasteiger charge is 2.03. The number of halogens is 2. The second-order valence-electron chi connectivity index (χ2n) is 2.79. The summed E-state index contributed by atoms with van der Waals surface area (Å²) in [5.74, 6) is 0.716. The quantitative estimate of drug-likeness (QED) is 0.818. The van der Waals surface area contributed by atoms with Crippen molar-refractivity contribution in [2.75, 3.05) is 18.6 Å². The third-order valence-corrected chi connectivity index (χ3v) is 5.60. The van der Waals surface area contributed by atoms with Gasteiger partial charge in [-0.15, -0.1) is 11.3 Å². The van der Waals surface area contributed by atoms with E-state index in [4.69, 9.17) is 0 Å². The SMILES string of the molecule is CS(=O)CCNCc1cc(Br)c(Br)s1. The number of nitrogens with one attached hydrogen (secondary N) is 1. The zero-order valence-electron chi connectivity index (χ0n) is 7.68. The standard InChI is InChI=1S/C8H11Br2NOS2/c1-14(12)3-2-11-5-6-4-7(9)8(10)13-6/h4,11H,2-3,5H2,1H3. The van der Waals surface area contributed by atoms with Crippen molar-refractivity contribution in [1.29, 1.82) is 0 Å². The van der Waals surface area contributed by atoms with Crippen LogP contribution in [0.3, 0.4) is 0 Å². The van der Waals surface area contributed by atoms with Crippen LogP contribution in [-0.4, -0.2) is 22.8 Å². The van der Waals surface area contributed by atoms with Crippen LogP contribution in [0.5, 0.6) is 0 Å². The van der Waals surface area contributed by atoms with E-state index in [1.165, 1.54) is 4.88 Å². The van der Waals surface area contributed by atoms with E-state index in [1.807, 2.05) is 0 Å². The molecule has 1 atom stereocenters. The molecular formula is C8H11Br2NOS2. The third-order valence-electron chi connectivity index (χ3n) is 1.56. The first-order valence-corrected chi connectivity index (χ1v) is 8.17. The smallest absolute Gasteiger partial charge is 0.0843 e. The van der Waals surface area contributed by atoms with E-state index in [9.17, 15) is 4.21 Å². The Labute approximate surface area is 107 Å². The molecule has 0 spiro atoms. The van der Waals surface area contributed by atoms with Crippen LogP contribution in [-0.2, 0) is 17.3 Å². The monoisotopic (exact) mass is 359 g/mol. The molecule has 80 valence electrons. The van der Waals surface area contributed by atoms with Crippen LogP contribution in [0.1, 0.15) is 4.88 Å². The minimum atomic E-state index is -0.700. The van der Waals surface area contributed by atoms with Gasteiger partial charge >= 0.3 is 0 Å². The normalized spacial score (nSPS) is 13.1. The Hall–Kier alpha value is 0.770. The molecule has 0 aromatic carbocycles. The molecule has 6 heteroatoms. The van der Waals surface area contributed by atoms with Crippen molar-refractivity contribution in [2.24, 2.45) is 0 Å². The first-order valence-electron chi connectivity index (χ1n) is 4.04. The van der Waals surface area contributed by atoms with E-state index in [1.54, 1.807) is 17.6 Å². The van der Waals surface area contributed by atoms with Gasteiger partial charge in [0.25, 0.3) is 0 Å². The Kier molecular flexibility index (Phi) is 5.84. The average Bonchev–Trinajstić information content (AvgIpc) is 2.40. The Morgan fingerprint density at radius 2 is 2.29 bits per heavy atom. The van der Waals surface area contributed by atoms with Crippen molar-refractivity contribution in [1.82, 2.24) is 5.32 Å². The van der Waals surface area contributed by atoms with E-state index < -0.39 is 10.8 Å². The molecule has 0 saturated heterocycles. The summed E-state index contributed by atoms with van der Waals surface area (Å²) in [6.45, 7) is 1.64. The summed E-state index contributed by atoms with van der Waals surface area (Å²) in [6, 6.07) is 2.09. The minimum absolute atomic E-state index is 0.700. The molecule has 0 bridgehead atoms. The summed E-state index contributed by atoms with van der Waals surface area (Å²) in [4.78, 5) is 1.27. The maximum Gasteiger partial charge on any atom is 0.0843 e. The van der Waals surface area contributed by atoms with Crippen LogP contribution < -0.4 is 5.32 Å². The van der Waals surface area contributed by atoms with Crippen molar-refractivity contribution in [2.45, 2.75) is 6.54 Å². The van der Waals surface area contributed by atoms with Gasteiger partial charge in [-0.25, -0.2) is 0 Å². The van der Waals surface area contributed by atoms with Crippen LogP contribution in [0, 0.1) is 0 Å². The highest BCUT2D eigenvalue weighted by molar-refractivity contribution is 9.13. The van der Waals surface area contributed by atoms with Crippen LogP contribution in [0.25, 0.3) is 0 Å². The fourth-order valence-electron chi connectivity index (χ4n) is 0.906. The lowest BCUT2D eigenvalue weighted by Gasteiger charge is -1.99. The third kappa shape index (κ3) is 4.53. The number of hydrogen-bond donors (Lipinski definition) is 1. The second-order valence-corrected chi connectivity index (χ2v) is 7.65. The molecule has 1 unspecified atom stereocenters. The molecule has 1 heterocycles. The van der Waals surface area contributed by atoms with Crippen molar-refractivity contribution in [3.8, 4) is 0 Å². The summed E-state index contributed by atoms with van der Waals surface area (Å²) < 4.78 is 13.0. The molecule has 14 heavy (non-hydrogen) atoms. The van der Waals surface area contributed by atoms with E-state index in [0.717, 1.165) is 21.3 Å². The van der Waals surface area contributed by atoms with Gasteiger partial charge < -0.3 is 5.32 Å². The van der Waals surface area contributed by atoms with E-state index in [-0.39, 0.29) is 0 Å². The summed E-state index contributed by atoms with van der Waals surface area (Å²) in [5.41, 5.74) is 0. The van der Waals surface area contributed by atoms with E-state index >= 15 is 0 Å². The fourth-order valence-corrected chi connectivity index (χ4v) is 3.48. The largest absolute Gasteiger partial charge is 0.311 e. The lowest BCUT2D eigenvalue weighted by atomic mass is 10.4. The molecule has 0 aliphatic heterocycles. The minimum Gasteiger partial charge on any atom is -0.311 e. The van der Waals surface area contributed by atoms with Gasteiger partial charge in [0.1, 0.15) is 0 Å². The highest BCUT2D eigenvalue weighted by Crippen LogP contribution is 2.32. The summed E-state index contributed by atoms with van der Waals surface area (Å²) in [7, 11) is -0.700. The molecule has 0 amide bonds. The van der Waals surface area contributed by atoms with Gasteiger partial charge in [0.2, 0.25) is 0 Å². The van der Waals surface area contributed by atoms with Gasteiger partial charge in [0.15, 0.2) is 0 Å². The van der Waals surface area contributed by atoms with Gasteiger partial charge in [-0.3, -0.25) is 4.21 Å². The predicted octanol–water partition coefficient (Wildman–Crippen LogP) is 2.74. The van der Waals surface area contributed by atoms with Crippen LogP contribution in [0.4, 0.5) is 0 Å². The molecule has 1 rings (SSSR count). The maximum atomic E-state index is 10.8. The van der Waals surface area contributed by atoms with E-state index in [2.05, 4.69) is 43.2 Å². The van der Waals surface area contributed by atoms with Crippen molar-refractivity contribution >= 4 is 54.0 Å². The van der Waals surface area contributed by atoms with Gasteiger partial charge in [-0.2, -0.15) is 0 Å². The summed E-state index contributed by atoms with van der Waals surface area (Å²) in [5, 5.41) is 3.25. The maximum absolute atomic E-state index is 10.8. The van der Waals surface area contributed by atoms with Crippen molar-refractivity contribution in [3.05, 3.63) is 19.2 Å². The van der Waals surface area contributed by atoms with Crippen LogP contribution >= 0.6 is 43.2 Å².